The lowest BCUT2D eigenvalue weighted by Crippen LogP contribution is -2.34. The third-order valence-electron chi connectivity index (χ3n) is 3.30. The van der Waals surface area contributed by atoms with Crippen molar-refractivity contribution in [3.63, 3.8) is 0 Å². The predicted molar refractivity (Wildman–Crippen MR) is 65.3 cm³/mol. The van der Waals surface area contributed by atoms with Gasteiger partial charge in [0, 0.05) is 24.8 Å². The molecule has 90 valence electrons. The highest BCUT2D eigenvalue weighted by Crippen LogP contribution is 2.22. The van der Waals surface area contributed by atoms with Crippen molar-refractivity contribution < 1.29 is 4.39 Å². The van der Waals surface area contributed by atoms with Gasteiger partial charge in [-0.1, -0.05) is 0 Å². The van der Waals surface area contributed by atoms with Crippen LogP contribution in [0.4, 0.5) is 10.1 Å². The molecule has 0 N–H and O–H groups in total. The standard InChI is InChI=1S/C13H16FN3/c1-16(9-7-15)13-6-8-17(10-13)12-4-2-11(14)3-5-12/h2-5,13H,6,8-10H2,1H3. The van der Waals surface area contributed by atoms with Gasteiger partial charge in [-0.25, -0.2) is 4.39 Å². The molecular weight excluding hydrogens is 217 g/mol. The number of rotatable bonds is 3. The highest BCUT2D eigenvalue weighted by molar-refractivity contribution is 5.47. The Morgan fingerprint density at radius 2 is 2.18 bits per heavy atom. The molecule has 1 aliphatic rings. The van der Waals surface area contributed by atoms with E-state index in [0.29, 0.717) is 12.6 Å². The number of hydrogen-bond acceptors (Lipinski definition) is 3. The summed E-state index contributed by atoms with van der Waals surface area (Å²) in [4.78, 5) is 4.31. The summed E-state index contributed by atoms with van der Waals surface area (Å²) < 4.78 is 12.8. The number of nitrogens with zero attached hydrogens (tertiary/aromatic N) is 3. The van der Waals surface area contributed by atoms with Crippen LogP contribution in [0.3, 0.4) is 0 Å². The lowest BCUT2D eigenvalue weighted by Gasteiger charge is -2.23. The molecule has 1 saturated heterocycles. The second kappa shape index (κ2) is 5.15. The summed E-state index contributed by atoms with van der Waals surface area (Å²) in [5.41, 5.74) is 1.05. The first-order valence-corrected chi connectivity index (χ1v) is 5.78. The maximum absolute atomic E-state index is 12.8. The number of halogens is 1. The summed E-state index contributed by atoms with van der Waals surface area (Å²) in [6.07, 6.45) is 1.05. The molecule has 17 heavy (non-hydrogen) atoms. The van der Waals surface area contributed by atoms with Crippen LogP contribution >= 0.6 is 0 Å². The Morgan fingerprint density at radius 3 is 2.82 bits per heavy atom. The lowest BCUT2D eigenvalue weighted by atomic mass is 10.2. The second-order valence-corrected chi connectivity index (χ2v) is 4.44. The fourth-order valence-corrected chi connectivity index (χ4v) is 2.23. The molecule has 1 fully saturated rings. The van der Waals surface area contributed by atoms with E-state index in [9.17, 15) is 4.39 Å². The van der Waals surface area contributed by atoms with Crippen molar-refractivity contribution in [3.8, 4) is 6.07 Å². The van der Waals surface area contributed by atoms with Gasteiger partial charge in [-0.2, -0.15) is 5.26 Å². The summed E-state index contributed by atoms with van der Waals surface area (Å²) in [6.45, 7) is 2.33. The molecule has 4 heteroatoms. The number of nitriles is 1. The van der Waals surface area contributed by atoms with Gasteiger partial charge in [-0.05, 0) is 37.7 Å². The molecule has 2 rings (SSSR count). The Bertz CT molecular complexity index is 410. The van der Waals surface area contributed by atoms with Gasteiger partial charge < -0.3 is 4.90 Å². The maximum atomic E-state index is 12.8. The molecule has 0 aliphatic carbocycles. The SMILES string of the molecule is CN(CC#N)C1CCN(c2ccc(F)cc2)C1. The van der Waals surface area contributed by atoms with Crippen molar-refractivity contribution in [2.45, 2.75) is 12.5 Å². The zero-order valence-electron chi connectivity index (χ0n) is 9.93. The lowest BCUT2D eigenvalue weighted by molar-refractivity contribution is 0.289. The number of benzene rings is 1. The topological polar surface area (TPSA) is 30.3 Å². The zero-order valence-corrected chi connectivity index (χ0v) is 9.93. The molecule has 1 aliphatic heterocycles. The van der Waals surface area contributed by atoms with Gasteiger partial charge in [0.15, 0.2) is 0 Å². The third-order valence-corrected chi connectivity index (χ3v) is 3.30. The van der Waals surface area contributed by atoms with Gasteiger partial charge in [0.1, 0.15) is 5.82 Å². The largest absolute Gasteiger partial charge is 0.370 e. The second-order valence-electron chi connectivity index (χ2n) is 4.44. The van der Waals surface area contributed by atoms with Gasteiger partial charge in [0.05, 0.1) is 12.6 Å². The Hall–Kier alpha value is -1.60. The smallest absolute Gasteiger partial charge is 0.123 e. The molecule has 1 unspecified atom stereocenters. The van der Waals surface area contributed by atoms with Crippen LogP contribution in [0.15, 0.2) is 24.3 Å². The molecule has 0 spiro atoms. The number of hydrogen-bond donors (Lipinski definition) is 0. The summed E-state index contributed by atoms with van der Waals surface area (Å²) >= 11 is 0. The van der Waals surface area contributed by atoms with Crippen LogP contribution in [0.1, 0.15) is 6.42 Å². The van der Waals surface area contributed by atoms with Gasteiger partial charge in [0.25, 0.3) is 0 Å². The molecule has 0 radical (unpaired) electrons. The molecular formula is C13H16FN3. The average molecular weight is 233 g/mol. The van der Waals surface area contributed by atoms with E-state index in [0.717, 1.165) is 25.2 Å². The molecule has 1 heterocycles. The van der Waals surface area contributed by atoms with Crippen LogP contribution in [0.25, 0.3) is 0 Å². The van der Waals surface area contributed by atoms with Crippen LogP contribution in [0.5, 0.6) is 0 Å². The van der Waals surface area contributed by atoms with E-state index >= 15 is 0 Å². The minimum absolute atomic E-state index is 0.203. The average Bonchev–Trinajstić information content (AvgIpc) is 2.80. The fraction of sp³-hybridized carbons (Fsp3) is 0.462. The van der Waals surface area contributed by atoms with E-state index < -0.39 is 0 Å². The highest BCUT2D eigenvalue weighted by atomic mass is 19.1. The molecule has 0 bridgehead atoms. The first kappa shape index (κ1) is 11.9. The highest BCUT2D eigenvalue weighted by Gasteiger charge is 2.25. The van der Waals surface area contributed by atoms with Gasteiger partial charge in [-0.15, -0.1) is 0 Å². The van der Waals surface area contributed by atoms with Gasteiger partial charge in [-0.3, -0.25) is 4.90 Å². The van der Waals surface area contributed by atoms with Crippen molar-refractivity contribution >= 4 is 5.69 Å². The first-order chi connectivity index (χ1) is 8.20. The number of likely N-dealkylation sites (N-methyl/N-ethyl adjacent to an activating group) is 1. The van der Waals surface area contributed by atoms with E-state index in [4.69, 9.17) is 5.26 Å². The summed E-state index contributed by atoms with van der Waals surface area (Å²) in [7, 11) is 1.97. The minimum atomic E-state index is -0.203. The molecule has 3 nitrogen and oxygen atoms in total. The Morgan fingerprint density at radius 1 is 1.47 bits per heavy atom. The van der Waals surface area contributed by atoms with Crippen molar-refractivity contribution in [2.75, 3.05) is 31.6 Å². The van der Waals surface area contributed by atoms with Crippen LogP contribution in [0, 0.1) is 17.1 Å². The molecule has 1 aromatic rings. The van der Waals surface area contributed by atoms with Crippen molar-refractivity contribution in [3.05, 3.63) is 30.1 Å². The Kier molecular flexibility index (Phi) is 3.60. The molecule has 0 saturated carbocycles. The van der Waals surface area contributed by atoms with Crippen LogP contribution in [-0.2, 0) is 0 Å². The minimum Gasteiger partial charge on any atom is -0.370 e. The molecule has 1 aromatic carbocycles. The van der Waals surface area contributed by atoms with E-state index in [1.165, 1.54) is 12.1 Å². The summed E-state index contributed by atoms with van der Waals surface area (Å²) in [6, 6.07) is 9.17. The molecule has 0 aromatic heterocycles. The van der Waals surface area contributed by atoms with E-state index in [-0.39, 0.29) is 5.82 Å². The molecule has 0 amide bonds. The van der Waals surface area contributed by atoms with Crippen LogP contribution in [-0.4, -0.2) is 37.6 Å². The van der Waals surface area contributed by atoms with Crippen molar-refractivity contribution in [2.24, 2.45) is 0 Å². The monoisotopic (exact) mass is 233 g/mol. The van der Waals surface area contributed by atoms with Crippen molar-refractivity contribution in [1.82, 2.24) is 4.90 Å². The Balaban J connectivity index is 1.98. The zero-order chi connectivity index (χ0) is 12.3. The maximum Gasteiger partial charge on any atom is 0.123 e. The fourth-order valence-electron chi connectivity index (χ4n) is 2.23. The van der Waals surface area contributed by atoms with Crippen LogP contribution < -0.4 is 4.90 Å². The molecule has 1 atom stereocenters. The van der Waals surface area contributed by atoms with E-state index in [1.54, 1.807) is 0 Å². The quantitative estimate of drug-likeness (QED) is 0.746. The summed E-state index contributed by atoms with van der Waals surface area (Å²) in [5, 5.41) is 8.66. The van der Waals surface area contributed by atoms with Gasteiger partial charge in [0.2, 0.25) is 0 Å². The third kappa shape index (κ3) is 2.75. The van der Waals surface area contributed by atoms with Crippen LogP contribution in [0.2, 0.25) is 0 Å². The predicted octanol–water partition coefficient (Wildman–Crippen LogP) is 1.86. The summed E-state index contributed by atoms with van der Waals surface area (Å²) in [5.74, 6) is -0.203. The van der Waals surface area contributed by atoms with Crippen molar-refractivity contribution in [1.29, 1.82) is 5.26 Å². The normalized spacial score (nSPS) is 19.6. The van der Waals surface area contributed by atoms with E-state index in [2.05, 4.69) is 15.9 Å². The first-order valence-electron chi connectivity index (χ1n) is 5.78. The number of anilines is 1. The van der Waals surface area contributed by atoms with E-state index in [1.807, 2.05) is 19.2 Å². The Labute approximate surface area is 101 Å². The van der Waals surface area contributed by atoms with Gasteiger partial charge >= 0.3 is 0 Å².